The highest BCUT2D eigenvalue weighted by Crippen LogP contribution is 2.07. The lowest BCUT2D eigenvalue weighted by Gasteiger charge is -2.02. The fourth-order valence-corrected chi connectivity index (χ4v) is 0.923. The van der Waals surface area contributed by atoms with Crippen molar-refractivity contribution in [2.24, 2.45) is 0 Å². The number of nitro groups is 1. The summed E-state index contributed by atoms with van der Waals surface area (Å²) in [6.07, 6.45) is 3.17. The molecule has 0 aliphatic rings. The van der Waals surface area contributed by atoms with Crippen molar-refractivity contribution in [3.05, 3.63) is 22.5 Å². The molecule has 0 radical (unpaired) electrons. The van der Waals surface area contributed by atoms with E-state index in [2.05, 4.69) is 15.3 Å². The molecule has 0 aromatic carbocycles. The molecule has 0 fully saturated rings. The maximum absolute atomic E-state index is 10.3. The Kier molecular flexibility index (Phi) is 4.42. The highest BCUT2D eigenvalue weighted by atomic mass is 16.6. The Balaban J connectivity index is 2.39. The Morgan fingerprint density at radius 2 is 2.20 bits per heavy atom. The molecule has 0 atom stereocenters. The normalized spacial score (nSPS) is 9.93. The van der Waals surface area contributed by atoms with Crippen LogP contribution in [-0.2, 0) is 4.74 Å². The quantitative estimate of drug-likeness (QED) is 0.426. The van der Waals surface area contributed by atoms with Crippen LogP contribution >= 0.6 is 0 Å². The third-order valence-electron chi connectivity index (χ3n) is 1.66. The molecule has 1 rings (SSSR count). The van der Waals surface area contributed by atoms with Crippen LogP contribution in [0.25, 0.3) is 0 Å². The maximum Gasteiger partial charge on any atom is 0.305 e. The standard InChI is InChI=1S/C8H12N4O3/c1-15-4-2-3-9-8-10-5-7(6-11-8)12(13)14/h5-6H,2-4H2,1H3,(H,9,10,11). The van der Waals surface area contributed by atoms with Gasteiger partial charge in [0.1, 0.15) is 12.4 Å². The van der Waals surface area contributed by atoms with Gasteiger partial charge in [-0.15, -0.1) is 0 Å². The summed E-state index contributed by atoms with van der Waals surface area (Å²) in [6, 6.07) is 0. The molecule has 0 amide bonds. The van der Waals surface area contributed by atoms with Gasteiger partial charge in [0.25, 0.3) is 0 Å². The highest BCUT2D eigenvalue weighted by molar-refractivity contribution is 5.30. The van der Waals surface area contributed by atoms with Gasteiger partial charge in [0.05, 0.1) is 4.92 Å². The van der Waals surface area contributed by atoms with Crippen LogP contribution in [0.5, 0.6) is 0 Å². The molecule has 0 spiro atoms. The fraction of sp³-hybridized carbons (Fsp3) is 0.500. The van der Waals surface area contributed by atoms with Crippen LogP contribution in [0.2, 0.25) is 0 Å². The SMILES string of the molecule is COCCCNc1ncc([N+](=O)[O-])cn1. The summed E-state index contributed by atoms with van der Waals surface area (Å²) >= 11 is 0. The Bertz CT molecular complexity index is 314. The van der Waals surface area contributed by atoms with Gasteiger partial charge in [-0.1, -0.05) is 0 Å². The van der Waals surface area contributed by atoms with E-state index in [1.54, 1.807) is 7.11 Å². The third kappa shape index (κ3) is 3.86. The monoisotopic (exact) mass is 212 g/mol. The first kappa shape index (κ1) is 11.3. The molecule has 1 heterocycles. The fourth-order valence-electron chi connectivity index (χ4n) is 0.923. The molecule has 7 nitrogen and oxygen atoms in total. The molecule has 15 heavy (non-hydrogen) atoms. The van der Waals surface area contributed by atoms with Crippen LogP contribution in [0, 0.1) is 10.1 Å². The number of methoxy groups -OCH3 is 1. The van der Waals surface area contributed by atoms with Gasteiger partial charge in [0.15, 0.2) is 0 Å². The zero-order valence-corrected chi connectivity index (χ0v) is 8.34. The first-order valence-corrected chi connectivity index (χ1v) is 4.43. The smallest absolute Gasteiger partial charge is 0.305 e. The van der Waals surface area contributed by atoms with Crippen molar-refractivity contribution in [1.29, 1.82) is 0 Å². The van der Waals surface area contributed by atoms with E-state index >= 15 is 0 Å². The first-order valence-electron chi connectivity index (χ1n) is 4.43. The van der Waals surface area contributed by atoms with Gasteiger partial charge in [-0.2, -0.15) is 0 Å². The van der Waals surface area contributed by atoms with E-state index in [9.17, 15) is 10.1 Å². The van der Waals surface area contributed by atoms with Crippen LogP contribution in [-0.4, -0.2) is 35.2 Å². The van der Waals surface area contributed by atoms with E-state index in [-0.39, 0.29) is 5.69 Å². The Labute approximate surface area is 86.6 Å². The lowest BCUT2D eigenvalue weighted by molar-refractivity contribution is -0.385. The number of rotatable bonds is 6. The zero-order valence-electron chi connectivity index (χ0n) is 8.34. The average Bonchev–Trinajstić information content (AvgIpc) is 2.25. The number of nitrogens with one attached hydrogen (secondary N) is 1. The summed E-state index contributed by atoms with van der Waals surface area (Å²) in [7, 11) is 1.63. The third-order valence-corrected chi connectivity index (χ3v) is 1.66. The topological polar surface area (TPSA) is 90.2 Å². The zero-order chi connectivity index (χ0) is 11.1. The number of nitrogens with zero attached hydrogens (tertiary/aromatic N) is 3. The number of ether oxygens (including phenoxy) is 1. The summed E-state index contributed by atoms with van der Waals surface area (Å²) in [4.78, 5) is 17.4. The van der Waals surface area contributed by atoms with Gasteiger partial charge in [0.2, 0.25) is 5.95 Å². The molecular formula is C8H12N4O3. The van der Waals surface area contributed by atoms with Gasteiger partial charge in [-0.3, -0.25) is 10.1 Å². The van der Waals surface area contributed by atoms with Crippen molar-refractivity contribution < 1.29 is 9.66 Å². The number of anilines is 1. The predicted molar refractivity (Wildman–Crippen MR) is 53.7 cm³/mol. The minimum absolute atomic E-state index is 0.113. The Morgan fingerprint density at radius 1 is 1.53 bits per heavy atom. The van der Waals surface area contributed by atoms with Crippen LogP contribution in [0.15, 0.2) is 12.4 Å². The molecule has 1 aromatic rings. The highest BCUT2D eigenvalue weighted by Gasteiger charge is 2.05. The van der Waals surface area contributed by atoms with E-state index in [1.165, 1.54) is 12.4 Å². The second-order valence-electron chi connectivity index (χ2n) is 2.80. The van der Waals surface area contributed by atoms with Crippen LogP contribution in [0.4, 0.5) is 11.6 Å². The lowest BCUT2D eigenvalue weighted by Crippen LogP contribution is -2.07. The van der Waals surface area contributed by atoms with Crippen molar-refractivity contribution >= 4 is 11.6 Å². The molecule has 1 aromatic heterocycles. The first-order chi connectivity index (χ1) is 7.24. The maximum atomic E-state index is 10.3. The van der Waals surface area contributed by atoms with Gasteiger partial charge in [0, 0.05) is 20.3 Å². The minimum Gasteiger partial charge on any atom is -0.385 e. The number of hydrogen-bond acceptors (Lipinski definition) is 6. The average molecular weight is 212 g/mol. The van der Waals surface area contributed by atoms with E-state index in [0.717, 1.165) is 6.42 Å². The van der Waals surface area contributed by atoms with Gasteiger partial charge in [-0.25, -0.2) is 9.97 Å². The molecule has 0 aliphatic carbocycles. The summed E-state index contributed by atoms with van der Waals surface area (Å²) in [5, 5.41) is 13.2. The van der Waals surface area contributed by atoms with Crippen LogP contribution < -0.4 is 5.32 Å². The molecule has 82 valence electrons. The minimum atomic E-state index is -0.533. The predicted octanol–water partition coefficient (Wildman–Crippen LogP) is 0.833. The van der Waals surface area contributed by atoms with Gasteiger partial charge < -0.3 is 10.1 Å². The Hall–Kier alpha value is -1.76. The van der Waals surface area contributed by atoms with Crippen LogP contribution in [0.1, 0.15) is 6.42 Å². The summed E-state index contributed by atoms with van der Waals surface area (Å²) in [5.41, 5.74) is -0.113. The lowest BCUT2D eigenvalue weighted by atomic mass is 10.4. The van der Waals surface area contributed by atoms with Crippen LogP contribution in [0.3, 0.4) is 0 Å². The molecular weight excluding hydrogens is 200 g/mol. The van der Waals surface area contributed by atoms with E-state index < -0.39 is 4.92 Å². The molecule has 0 unspecified atom stereocenters. The van der Waals surface area contributed by atoms with Gasteiger partial charge in [-0.05, 0) is 6.42 Å². The van der Waals surface area contributed by atoms with E-state index in [1.807, 2.05) is 0 Å². The summed E-state index contributed by atoms with van der Waals surface area (Å²) in [5.74, 6) is 0.386. The second kappa shape index (κ2) is 5.86. The van der Waals surface area contributed by atoms with Crippen molar-refractivity contribution in [3.63, 3.8) is 0 Å². The van der Waals surface area contributed by atoms with Crippen molar-refractivity contribution in [1.82, 2.24) is 9.97 Å². The second-order valence-corrected chi connectivity index (χ2v) is 2.80. The number of hydrogen-bond donors (Lipinski definition) is 1. The summed E-state index contributed by atoms with van der Waals surface area (Å²) in [6.45, 7) is 1.33. The molecule has 0 saturated heterocycles. The Morgan fingerprint density at radius 3 is 2.73 bits per heavy atom. The molecule has 7 heteroatoms. The van der Waals surface area contributed by atoms with Crippen molar-refractivity contribution in [3.8, 4) is 0 Å². The number of aromatic nitrogens is 2. The molecule has 1 N–H and O–H groups in total. The van der Waals surface area contributed by atoms with Crippen molar-refractivity contribution in [2.45, 2.75) is 6.42 Å². The largest absolute Gasteiger partial charge is 0.385 e. The van der Waals surface area contributed by atoms with Gasteiger partial charge >= 0.3 is 5.69 Å². The van der Waals surface area contributed by atoms with E-state index in [0.29, 0.717) is 19.1 Å². The molecule has 0 bridgehead atoms. The summed E-state index contributed by atoms with van der Waals surface area (Å²) < 4.78 is 4.86. The van der Waals surface area contributed by atoms with Crippen molar-refractivity contribution in [2.75, 3.05) is 25.6 Å². The molecule has 0 aliphatic heterocycles. The molecule has 0 saturated carbocycles. The van der Waals surface area contributed by atoms with E-state index in [4.69, 9.17) is 4.74 Å².